The Morgan fingerprint density at radius 3 is 2.94 bits per heavy atom. The Balaban J connectivity index is 2.11. The maximum absolute atomic E-state index is 11.8. The van der Waals surface area contributed by atoms with Gasteiger partial charge in [0.25, 0.3) is 5.91 Å². The van der Waals surface area contributed by atoms with Gasteiger partial charge >= 0.3 is 0 Å². The molecular weight excluding hydrogens is 332 g/mol. The number of carbonyl (C=O) groups excluding carboxylic acids is 1. The molecule has 0 aliphatic rings. The number of thiophene rings is 1. The highest BCUT2D eigenvalue weighted by Crippen LogP contribution is 2.24. The third-order valence-corrected chi connectivity index (χ3v) is 4.65. The van der Waals surface area contributed by atoms with Crippen molar-refractivity contribution in [3.63, 3.8) is 0 Å². The summed E-state index contributed by atoms with van der Waals surface area (Å²) in [6, 6.07) is 1.84. The fraction of sp³-hybridized carbons (Fsp3) is 0.111. The molecule has 0 radical (unpaired) electrons. The van der Waals surface area contributed by atoms with E-state index in [-0.39, 0.29) is 5.91 Å². The van der Waals surface area contributed by atoms with Crippen LogP contribution in [0.25, 0.3) is 0 Å². The van der Waals surface area contributed by atoms with E-state index in [9.17, 15) is 4.79 Å². The summed E-state index contributed by atoms with van der Waals surface area (Å²) in [5, 5.41) is 6.98. The number of alkyl halides is 1. The zero-order valence-electron chi connectivity index (χ0n) is 7.87. The van der Waals surface area contributed by atoms with Gasteiger partial charge in [-0.2, -0.15) is 0 Å². The minimum Gasteiger partial charge on any atom is -0.297 e. The minimum absolute atomic E-state index is 0.155. The molecule has 0 bridgehead atoms. The first kappa shape index (κ1) is 12.0. The standard InChI is InChI=1S/C9H6BrClN2OS2/c10-6-1-2-15-7(6)8(14)13-9-12-5(3-11)4-16-9/h1-2,4H,3H2,(H,12,13,14). The molecule has 1 N–H and O–H groups in total. The van der Waals surface area contributed by atoms with Gasteiger partial charge in [0.15, 0.2) is 5.13 Å². The first-order chi connectivity index (χ1) is 7.70. The molecule has 0 fully saturated rings. The van der Waals surface area contributed by atoms with E-state index in [0.717, 1.165) is 10.2 Å². The molecule has 3 nitrogen and oxygen atoms in total. The number of thiazole rings is 1. The highest BCUT2D eigenvalue weighted by Gasteiger charge is 2.13. The fourth-order valence-electron chi connectivity index (χ4n) is 1.04. The Labute approximate surface area is 114 Å². The minimum atomic E-state index is -0.155. The van der Waals surface area contributed by atoms with Crippen LogP contribution < -0.4 is 5.32 Å². The predicted octanol–water partition coefficient (Wildman–Crippen LogP) is 3.96. The van der Waals surface area contributed by atoms with Crippen molar-refractivity contribution >= 4 is 61.2 Å². The summed E-state index contributed by atoms with van der Waals surface area (Å²) in [5.74, 6) is 0.201. The third-order valence-electron chi connectivity index (χ3n) is 1.73. The molecule has 2 aromatic rings. The van der Waals surface area contributed by atoms with Crippen LogP contribution in [0.15, 0.2) is 21.3 Å². The molecule has 0 aromatic carbocycles. The maximum atomic E-state index is 11.8. The first-order valence-electron chi connectivity index (χ1n) is 4.25. The van der Waals surface area contributed by atoms with E-state index >= 15 is 0 Å². The van der Waals surface area contributed by atoms with Crippen LogP contribution in [0.2, 0.25) is 0 Å². The summed E-state index contributed by atoms with van der Waals surface area (Å²) in [6.07, 6.45) is 0. The molecule has 0 atom stereocenters. The number of carbonyl (C=O) groups is 1. The number of anilines is 1. The molecule has 2 rings (SSSR count). The number of hydrogen-bond donors (Lipinski definition) is 1. The van der Waals surface area contributed by atoms with Crippen LogP contribution >= 0.6 is 50.2 Å². The normalized spacial score (nSPS) is 10.4. The molecule has 2 heterocycles. The van der Waals surface area contributed by atoms with Crippen LogP contribution in [-0.2, 0) is 5.88 Å². The van der Waals surface area contributed by atoms with Gasteiger partial charge < -0.3 is 0 Å². The second-order valence-corrected chi connectivity index (χ2v) is 5.73. The van der Waals surface area contributed by atoms with Gasteiger partial charge in [0.2, 0.25) is 0 Å². The second-order valence-electron chi connectivity index (χ2n) is 2.83. The van der Waals surface area contributed by atoms with Crippen molar-refractivity contribution in [2.45, 2.75) is 5.88 Å². The zero-order valence-corrected chi connectivity index (χ0v) is 11.8. The number of aromatic nitrogens is 1. The summed E-state index contributed by atoms with van der Waals surface area (Å²) in [5.41, 5.74) is 0.771. The van der Waals surface area contributed by atoms with E-state index in [2.05, 4.69) is 26.2 Å². The van der Waals surface area contributed by atoms with Gasteiger partial charge in [-0.25, -0.2) is 4.98 Å². The largest absolute Gasteiger partial charge is 0.297 e. The summed E-state index contributed by atoms with van der Waals surface area (Å²) in [7, 11) is 0. The van der Waals surface area contributed by atoms with Crippen LogP contribution in [0.5, 0.6) is 0 Å². The monoisotopic (exact) mass is 336 g/mol. The second kappa shape index (κ2) is 5.27. The van der Waals surface area contributed by atoms with Gasteiger partial charge in [0.1, 0.15) is 4.88 Å². The molecule has 0 unspecified atom stereocenters. The smallest absolute Gasteiger partial charge is 0.268 e. The van der Waals surface area contributed by atoms with E-state index in [4.69, 9.17) is 11.6 Å². The average Bonchev–Trinajstić information content (AvgIpc) is 2.86. The number of amides is 1. The molecule has 0 saturated heterocycles. The van der Waals surface area contributed by atoms with Gasteiger partial charge in [-0.05, 0) is 27.4 Å². The molecule has 1 amide bonds. The molecule has 2 aromatic heterocycles. The number of nitrogens with zero attached hydrogens (tertiary/aromatic N) is 1. The number of nitrogens with one attached hydrogen (secondary N) is 1. The van der Waals surface area contributed by atoms with E-state index in [1.165, 1.54) is 22.7 Å². The zero-order chi connectivity index (χ0) is 11.5. The van der Waals surface area contributed by atoms with Gasteiger partial charge in [-0.15, -0.1) is 34.3 Å². The lowest BCUT2D eigenvalue weighted by Crippen LogP contribution is -2.10. The van der Waals surface area contributed by atoms with E-state index < -0.39 is 0 Å². The van der Waals surface area contributed by atoms with Crippen molar-refractivity contribution in [1.29, 1.82) is 0 Å². The topological polar surface area (TPSA) is 42.0 Å². The van der Waals surface area contributed by atoms with Gasteiger partial charge in [0.05, 0.1) is 11.6 Å². The molecule has 0 spiro atoms. The average molecular weight is 338 g/mol. The maximum Gasteiger partial charge on any atom is 0.268 e. The van der Waals surface area contributed by atoms with Crippen molar-refractivity contribution in [1.82, 2.24) is 4.98 Å². The lowest BCUT2D eigenvalue weighted by Gasteiger charge is -1.98. The van der Waals surface area contributed by atoms with E-state index in [0.29, 0.717) is 15.9 Å². The fourth-order valence-corrected chi connectivity index (χ4v) is 3.42. The van der Waals surface area contributed by atoms with Gasteiger partial charge in [-0.1, -0.05) is 0 Å². The summed E-state index contributed by atoms with van der Waals surface area (Å²) in [6.45, 7) is 0. The van der Waals surface area contributed by atoms with Crippen molar-refractivity contribution in [3.8, 4) is 0 Å². The Bertz CT molecular complexity index is 511. The van der Waals surface area contributed by atoms with Crippen molar-refractivity contribution in [2.75, 3.05) is 5.32 Å². The van der Waals surface area contributed by atoms with Crippen LogP contribution in [0.4, 0.5) is 5.13 Å². The molecular formula is C9H6BrClN2OS2. The van der Waals surface area contributed by atoms with Gasteiger partial charge in [-0.3, -0.25) is 10.1 Å². The lowest BCUT2D eigenvalue weighted by molar-refractivity contribution is 0.103. The number of halogens is 2. The summed E-state index contributed by atoms with van der Waals surface area (Å²) < 4.78 is 0.795. The van der Waals surface area contributed by atoms with Crippen LogP contribution in [0.3, 0.4) is 0 Å². The molecule has 7 heteroatoms. The number of hydrogen-bond acceptors (Lipinski definition) is 4. The van der Waals surface area contributed by atoms with Gasteiger partial charge in [0, 0.05) is 9.85 Å². The van der Waals surface area contributed by atoms with Crippen LogP contribution in [0.1, 0.15) is 15.4 Å². The Kier molecular flexibility index (Phi) is 3.96. The van der Waals surface area contributed by atoms with E-state index in [1.54, 1.807) is 0 Å². The van der Waals surface area contributed by atoms with Crippen LogP contribution in [-0.4, -0.2) is 10.9 Å². The van der Waals surface area contributed by atoms with Crippen molar-refractivity contribution < 1.29 is 4.79 Å². The molecule has 0 saturated carbocycles. The highest BCUT2D eigenvalue weighted by molar-refractivity contribution is 9.10. The van der Waals surface area contributed by atoms with Crippen LogP contribution in [0, 0.1) is 0 Å². The Hall–Kier alpha value is -0.430. The Morgan fingerprint density at radius 2 is 2.38 bits per heavy atom. The molecule has 0 aliphatic carbocycles. The predicted molar refractivity (Wildman–Crippen MR) is 71.6 cm³/mol. The molecule has 16 heavy (non-hydrogen) atoms. The Morgan fingerprint density at radius 1 is 1.56 bits per heavy atom. The molecule has 84 valence electrons. The van der Waals surface area contributed by atoms with Crippen molar-refractivity contribution in [3.05, 3.63) is 31.9 Å². The molecule has 0 aliphatic heterocycles. The first-order valence-corrected chi connectivity index (χ1v) is 7.34. The third kappa shape index (κ3) is 2.63. The lowest BCUT2D eigenvalue weighted by atomic mass is 10.4. The van der Waals surface area contributed by atoms with Crippen molar-refractivity contribution in [2.24, 2.45) is 0 Å². The summed E-state index contributed by atoms with van der Waals surface area (Å²) >= 11 is 11.7. The highest BCUT2D eigenvalue weighted by atomic mass is 79.9. The number of rotatable bonds is 3. The SMILES string of the molecule is O=C(Nc1nc(CCl)cs1)c1sccc1Br. The summed E-state index contributed by atoms with van der Waals surface area (Å²) in [4.78, 5) is 16.6. The van der Waals surface area contributed by atoms with E-state index in [1.807, 2.05) is 16.8 Å². The quantitative estimate of drug-likeness (QED) is 0.861.